The molecule has 7 heteroatoms. The average Bonchev–Trinajstić information content (AvgIpc) is 3.28. The molecule has 0 aliphatic heterocycles. The zero-order valence-corrected chi connectivity index (χ0v) is 18.1. The van der Waals surface area contributed by atoms with Gasteiger partial charge in [-0.2, -0.15) is 0 Å². The number of benzene rings is 3. The summed E-state index contributed by atoms with van der Waals surface area (Å²) in [5.74, 6) is 0.279. The fourth-order valence-electron chi connectivity index (χ4n) is 3.42. The van der Waals surface area contributed by atoms with Crippen LogP contribution in [0.1, 0.15) is 22.7 Å². The highest BCUT2D eigenvalue weighted by Crippen LogP contribution is 2.26. The van der Waals surface area contributed by atoms with E-state index in [1.807, 2.05) is 78.9 Å². The number of H-pyrrole nitrogens is 1. The number of halogens is 1. The van der Waals surface area contributed by atoms with Gasteiger partial charge in [-0.15, -0.1) is 5.10 Å². The number of ether oxygens (including phenoxy) is 1. The van der Waals surface area contributed by atoms with Crippen LogP contribution in [0.15, 0.2) is 94.1 Å². The van der Waals surface area contributed by atoms with Gasteiger partial charge in [-0.05, 0) is 53.6 Å². The predicted molar refractivity (Wildman–Crippen MR) is 128 cm³/mol. The highest BCUT2D eigenvalue weighted by atomic mass is 35.5. The van der Waals surface area contributed by atoms with Gasteiger partial charge in [-0.3, -0.25) is 0 Å². The number of nitrogens with one attached hydrogen (secondary N) is 1. The van der Waals surface area contributed by atoms with Crippen LogP contribution in [0, 0.1) is 0 Å². The second-order valence-electron chi connectivity index (χ2n) is 7.34. The smallest absolute Gasteiger partial charge is 0.434 e. The van der Waals surface area contributed by atoms with Crippen molar-refractivity contribution in [2.24, 2.45) is 0 Å². The summed E-state index contributed by atoms with van der Waals surface area (Å²) < 4.78 is 11.1. The Labute approximate surface area is 194 Å². The van der Waals surface area contributed by atoms with E-state index in [1.165, 1.54) is 0 Å². The van der Waals surface area contributed by atoms with Crippen LogP contribution in [-0.2, 0) is 6.61 Å². The summed E-state index contributed by atoms with van der Waals surface area (Å²) in [6.07, 6.45) is 1.88. The van der Waals surface area contributed by atoms with Crippen LogP contribution in [0.25, 0.3) is 22.6 Å². The van der Waals surface area contributed by atoms with Crippen LogP contribution in [0.4, 0.5) is 0 Å². The van der Waals surface area contributed by atoms with Crippen LogP contribution >= 0.6 is 11.6 Å². The van der Waals surface area contributed by atoms with E-state index in [-0.39, 0.29) is 5.89 Å². The van der Waals surface area contributed by atoms with Gasteiger partial charge in [0.2, 0.25) is 5.89 Å². The summed E-state index contributed by atoms with van der Waals surface area (Å²) in [6, 6.07) is 26.8. The topological polar surface area (TPSA) is 81.0 Å². The minimum Gasteiger partial charge on any atom is -0.487 e. The van der Waals surface area contributed by atoms with Gasteiger partial charge < -0.3 is 9.15 Å². The second-order valence-corrected chi connectivity index (χ2v) is 7.77. The lowest BCUT2D eigenvalue weighted by Crippen LogP contribution is -1.98. The molecule has 2 heterocycles. The number of aromatic amines is 1. The lowest BCUT2D eigenvalue weighted by atomic mass is 10.0. The Morgan fingerprint density at radius 3 is 2.52 bits per heavy atom. The molecule has 2 aromatic heterocycles. The molecule has 0 saturated carbocycles. The quantitative estimate of drug-likeness (QED) is 0.330. The van der Waals surface area contributed by atoms with E-state index in [9.17, 15) is 4.79 Å². The summed E-state index contributed by atoms with van der Waals surface area (Å²) >= 11 is 5.99. The molecule has 0 bridgehead atoms. The first-order chi connectivity index (χ1) is 16.1. The number of nitrogens with zero attached hydrogens (tertiary/aromatic N) is 2. The standard InChI is InChI=1S/C26H18ClN3O3/c27-20-10-5-17(6-11-20)15-23(25-29-30-26(31)33-25)18-8-13-22(14-9-18)32-16-21-12-7-19-3-1-2-4-24(19)28-21/h1-15H,16H2,(H,30,31). The Bertz CT molecular complexity index is 1490. The molecule has 3 aromatic carbocycles. The zero-order chi connectivity index (χ0) is 22.6. The molecule has 0 saturated heterocycles. The first-order valence-electron chi connectivity index (χ1n) is 10.3. The third-order valence-corrected chi connectivity index (χ3v) is 5.31. The van der Waals surface area contributed by atoms with Gasteiger partial charge in [-0.1, -0.05) is 60.1 Å². The van der Waals surface area contributed by atoms with Gasteiger partial charge in [0.1, 0.15) is 12.4 Å². The summed E-state index contributed by atoms with van der Waals surface area (Å²) in [5.41, 5.74) is 4.14. The molecule has 5 aromatic rings. The van der Waals surface area contributed by atoms with Crippen LogP contribution in [0.5, 0.6) is 5.75 Å². The average molecular weight is 456 g/mol. The van der Waals surface area contributed by atoms with Crippen molar-refractivity contribution in [2.75, 3.05) is 0 Å². The summed E-state index contributed by atoms with van der Waals surface area (Å²) in [5, 5.41) is 8.04. The molecule has 1 N–H and O–H groups in total. The Hall–Kier alpha value is -4.16. The van der Waals surface area contributed by atoms with Crippen molar-refractivity contribution in [3.8, 4) is 5.75 Å². The SMILES string of the molecule is O=c1[nH]nc(C(=Cc2ccc(Cl)cc2)c2ccc(OCc3ccc4ccccc4n3)cc2)o1. The van der Waals surface area contributed by atoms with E-state index in [2.05, 4.69) is 15.2 Å². The third kappa shape index (κ3) is 4.86. The largest absolute Gasteiger partial charge is 0.487 e. The molecule has 0 atom stereocenters. The predicted octanol–water partition coefficient (Wildman–Crippen LogP) is 5.73. The molecule has 0 amide bonds. The molecular formula is C26H18ClN3O3. The van der Waals surface area contributed by atoms with E-state index in [0.29, 0.717) is 23.0 Å². The molecule has 162 valence electrons. The summed E-state index contributed by atoms with van der Waals surface area (Å²) in [4.78, 5) is 16.2. The number of pyridine rings is 1. The monoisotopic (exact) mass is 455 g/mol. The maximum absolute atomic E-state index is 11.5. The molecule has 0 unspecified atom stereocenters. The van der Waals surface area contributed by atoms with Crippen LogP contribution in [0.3, 0.4) is 0 Å². The lowest BCUT2D eigenvalue weighted by molar-refractivity contribution is 0.302. The number of aromatic nitrogens is 3. The van der Waals surface area contributed by atoms with Crippen molar-refractivity contribution in [3.05, 3.63) is 123 Å². The first kappa shape index (κ1) is 20.7. The molecular weight excluding hydrogens is 438 g/mol. The van der Waals surface area contributed by atoms with Gasteiger partial charge in [0, 0.05) is 16.0 Å². The van der Waals surface area contributed by atoms with Crippen molar-refractivity contribution < 1.29 is 9.15 Å². The van der Waals surface area contributed by atoms with Gasteiger partial charge in [0.15, 0.2) is 0 Å². The first-order valence-corrected chi connectivity index (χ1v) is 10.6. The fraction of sp³-hybridized carbons (Fsp3) is 0.0385. The van der Waals surface area contributed by atoms with Crippen molar-refractivity contribution in [1.29, 1.82) is 0 Å². The third-order valence-electron chi connectivity index (χ3n) is 5.06. The molecule has 0 spiro atoms. The minimum atomic E-state index is -0.616. The van der Waals surface area contributed by atoms with Gasteiger partial charge in [0.05, 0.1) is 11.2 Å². The second kappa shape index (κ2) is 9.14. The number of hydrogen-bond donors (Lipinski definition) is 1. The Balaban J connectivity index is 1.38. The van der Waals surface area contributed by atoms with E-state index in [1.54, 1.807) is 12.1 Å². The Morgan fingerprint density at radius 2 is 1.76 bits per heavy atom. The molecule has 6 nitrogen and oxygen atoms in total. The van der Waals surface area contributed by atoms with Crippen molar-refractivity contribution in [1.82, 2.24) is 15.2 Å². The summed E-state index contributed by atoms with van der Waals surface area (Å²) in [6.45, 7) is 0.353. The summed E-state index contributed by atoms with van der Waals surface area (Å²) in [7, 11) is 0. The van der Waals surface area contributed by atoms with Gasteiger partial charge in [-0.25, -0.2) is 14.9 Å². The fourth-order valence-corrected chi connectivity index (χ4v) is 3.54. The molecule has 5 rings (SSSR count). The van der Waals surface area contributed by atoms with Crippen molar-refractivity contribution in [2.45, 2.75) is 6.61 Å². The molecule has 33 heavy (non-hydrogen) atoms. The van der Waals surface area contributed by atoms with Gasteiger partial charge >= 0.3 is 5.76 Å². The number of para-hydroxylation sites is 1. The number of fused-ring (bicyclic) bond motifs is 1. The van der Waals surface area contributed by atoms with Crippen molar-refractivity contribution in [3.63, 3.8) is 0 Å². The van der Waals surface area contributed by atoms with Gasteiger partial charge in [0.25, 0.3) is 0 Å². The van der Waals surface area contributed by atoms with E-state index < -0.39 is 5.76 Å². The molecule has 0 aliphatic carbocycles. The Morgan fingerprint density at radius 1 is 0.970 bits per heavy atom. The normalized spacial score (nSPS) is 11.6. The molecule has 0 aliphatic rings. The van der Waals surface area contributed by atoms with E-state index >= 15 is 0 Å². The number of hydrogen-bond acceptors (Lipinski definition) is 5. The van der Waals surface area contributed by atoms with Crippen LogP contribution < -0.4 is 10.5 Å². The highest BCUT2D eigenvalue weighted by molar-refractivity contribution is 6.30. The molecule has 0 radical (unpaired) electrons. The lowest BCUT2D eigenvalue weighted by Gasteiger charge is -2.09. The Kier molecular flexibility index (Phi) is 5.74. The zero-order valence-electron chi connectivity index (χ0n) is 17.4. The van der Waals surface area contributed by atoms with Crippen LogP contribution in [0.2, 0.25) is 5.02 Å². The van der Waals surface area contributed by atoms with E-state index in [0.717, 1.165) is 27.7 Å². The maximum Gasteiger partial charge on any atom is 0.434 e. The van der Waals surface area contributed by atoms with Crippen LogP contribution in [-0.4, -0.2) is 15.2 Å². The number of rotatable bonds is 6. The van der Waals surface area contributed by atoms with Crippen molar-refractivity contribution >= 4 is 34.2 Å². The minimum absolute atomic E-state index is 0.198. The van der Waals surface area contributed by atoms with E-state index in [4.69, 9.17) is 20.8 Å². The highest BCUT2D eigenvalue weighted by Gasteiger charge is 2.12. The molecule has 0 fully saturated rings. The maximum atomic E-state index is 11.5.